The number of amides is 2. The molecule has 2 amide bonds. The van der Waals surface area contributed by atoms with Gasteiger partial charge in [0, 0.05) is 25.6 Å². The normalized spacial score (nSPS) is 14.0. The minimum Gasteiger partial charge on any atom is -0.494 e. The first-order valence-electron chi connectivity index (χ1n) is 14.5. The van der Waals surface area contributed by atoms with Crippen molar-refractivity contribution in [1.29, 1.82) is 0 Å². The summed E-state index contributed by atoms with van der Waals surface area (Å²) in [6.07, 6.45) is 0.188. The summed E-state index contributed by atoms with van der Waals surface area (Å²) in [7, 11) is -4.38. The van der Waals surface area contributed by atoms with Gasteiger partial charge in [0.05, 0.1) is 23.6 Å². The Hall–Kier alpha value is -3.55. The molecule has 0 spiro atoms. The average Bonchev–Trinajstić information content (AvgIpc) is 3.43. The predicted octanol–water partition coefficient (Wildman–Crippen LogP) is 4.02. The van der Waals surface area contributed by atoms with Crippen molar-refractivity contribution in [1.82, 2.24) is 14.7 Å². The Labute approximate surface area is 253 Å². The lowest BCUT2D eigenvalue weighted by molar-refractivity contribution is -0.121. The highest BCUT2D eigenvalue weighted by Crippen LogP contribution is 2.35. The number of fused-ring (bicyclic) bond motifs is 1. The maximum absolute atomic E-state index is 13.9. The number of aliphatic hydroxyl groups excluding tert-OH is 1. The van der Waals surface area contributed by atoms with Crippen molar-refractivity contribution >= 4 is 22.0 Å². The van der Waals surface area contributed by atoms with Crippen molar-refractivity contribution in [3.8, 4) is 17.2 Å². The van der Waals surface area contributed by atoms with Gasteiger partial charge in [0.25, 0.3) is 10.0 Å². The highest BCUT2D eigenvalue weighted by Gasteiger charge is 2.40. The quantitative estimate of drug-likeness (QED) is 0.175. The van der Waals surface area contributed by atoms with Crippen LogP contribution in [-0.4, -0.2) is 78.7 Å². The first-order chi connectivity index (χ1) is 20.4. The zero-order chi connectivity index (χ0) is 31.6. The van der Waals surface area contributed by atoms with E-state index in [1.807, 2.05) is 0 Å². The zero-order valence-corrected chi connectivity index (χ0v) is 26.0. The number of carbonyl (C=O) groups is 2. The van der Waals surface area contributed by atoms with E-state index in [2.05, 4.69) is 12.2 Å². The number of carboxylic acid groups (broad SMARTS) is 1. The van der Waals surface area contributed by atoms with E-state index in [1.165, 1.54) is 25.1 Å². The maximum atomic E-state index is 13.9. The monoisotopic (exact) mass is 621 g/mol. The van der Waals surface area contributed by atoms with Gasteiger partial charge >= 0.3 is 6.09 Å². The second-order valence-corrected chi connectivity index (χ2v) is 12.7. The largest absolute Gasteiger partial charge is 0.494 e. The van der Waals surface area contributed by atoms with E-state index in [-0.39, 0.29) is 42.2 Å². The molecule has 1 heterocycles. The minimum absolute atomic E-state index is 0.00778. The minimum atomic E-state index is -4.38. The Bertz CT molecular complexity index is 1320. The summed E-state index contributed by atoms with van der Waals surface area (Å²) < 4.78 is 44.9. The number of nitrogens with one attached hydrogen (secondary N) is 1. The molecule has 0 saturated heterocycles. The van der Waals surface area contributed by atoms with Gasteiger partial charge in [-0.15, -0.1) is 4.41 Å². The van der Waals surface area contributed by atoms with E-state index >= 15 is 0 Å². The van der Waals surface area contributed by atoms with Crippen LogP contribution in [0.4, 0.5) is 4.79 Å². The van der Waals surface area contributed by atoms with Crippen molar-refractivity contribution < 1.29 is 42.4 Å². The number of ether oxygens (including phenoxy) is 3. The van der Waals surface area contributed by atoms with Crippen LogP contribution in [0, 0.1) is 5.92 Å². The summed E-state index contributed by atoms with van der Waals surface area (Å²) in [6, 6.07) is 9.89. The number of rotatable bonds is 17. The summed E-state index contributed by atoms with van der Waals surface area (Å²) in [5.41, 5.74) is 0.671. The number of hydrogen-bond acceptors (Lipinski definition) is 8. The summed E-state index contributed by atoms with van der Waals surface area (Å²) in [5, 5.41) is 24.6. The molecule has 3 rings (SSSR count). The predicted molar refractivity (Wildman–Crippen MR) is 159 cm³/mol. The molecule has 43 heavy (non-hydrogen) atoms. The Morgan fingerprint density at radius 2 is 1.74 bits per heavy atom. The van der Waals surface area contributed by atoms with Gasteiger partial charge in [-0.05, 0) is 61.9 Å². The van der Waals surface area contributed by atoms with Crippen LogP contribution in [-0.2, 0) is 21.2 Å². The van der Waals surface area contributed by atoms with E-state index in [1.54, 1.807) is 38.1 Å². The Morgan fingerprint density at radius 3 is 2.37 bits per heavy atom. The molecule has 1 aliphatic rings. The molecule has 0 aliphatic carbocycles. The van der Waals surface area contributed by atoms with Crippen LogP contribution in [0.3, 0.4) is 0 Å². The molecule has 0 bridgehead atoms. The molecular formula is C30H43N3O9S. The second-order valence-electron chi connectivity index (χ2n) is 10.9. The lowest BCUT2D eigenvalue weighted by Gasteiger charge is -2.39. The summed E-state index contributed by atoms with van der Waals surface area (Å²) >= 11 is 0. The van der Waals surface area contributed by atoms with Crippen molar-refractivity contribution in [2.75, 3.05) is 26.5 Å². The highest BCUT2D eigenvalue weighted by molar-refractivity contribution is 7.89. The topological polar surface area (TPSA) is 155 Å². The number of benzene rings is 2. The van der Waals surface area contributed by atoms with Crippen LogP contribution < -0.4 is 19.5 Å². The van der Waals surface area contributed by atoms with Crippen LogP contribution in [0.5, 0.6) is 17.2 Å². The van der Waals surface area contributed by atoms with Crippen molar-refractivity contribution in [3.63, 3.8) is 0 Å². The average molecular weight is 622 g/mol. The number of sulfonamides is 1. The molecule has 2 atom stereocenters. The molecule has 0 fully saturated rings. The molecule has 0 saturated carbocycles. The number of nitrogens with zero attached hydrogens (tertiary/aromatic N) is 2. The van der Waals surface area contributed by atoms with Gasteiger partial charge in [-0.1, -0.05) is 39.3 Å². The van der Waals surface area contributed by atoms with E-state index in [4.69, 9.17) is 14.2 Å². The van der Waals surface area contributed by atoms with Crippen LogP contribution in [0.25, 0.3) is 0 Å². The van der Waals surface area contributed by atoms with Crippen LogP contribution in [0.2, 0.25) is 0 Å². The second kappa shape index (κ2) is 15.8. The van der Waals surface area contributed by atoms with E-state index < -0.39 is 28.3 Å². The number of hydrogen-bond donors (Lipinski definition) is 3. The SMILES string of the molecule is CCCCNC(=O)CCCOc1ccc(CC(C(C)O)N(C(=O)O)N(CC(C)C)S(=O)(=O)c2ccc3c(c2)OCO3)cc1. The van der Waals surface area contributed by atoms with Gasteiger partial charge in [0.2, 0.25) is 12.7 Å². The Balaban J connectivity index is 1.75. The van der Waals surface area contributed by atoms with Gasteiger partial charge in [-0.3, -0.25) is 4.79 Å². The highest BCUT2D eigenvalue weighted by atomic mass is 32.2. The summed E-state index contributed by atoms with van der Waals surface area (Å²) in [4.78, 5) is 24.3. The fraction of sp³-hybridized carbons (Fsp3) is 0.533. The summed E-state index contributed by atoms with van der Waals surface area (Å²) in [5.74, 6) is 0.972. The van der Waals surface area contributed by atoms with Crippen LogP contribution >= 0.6 is 0 Å². The molecule has 3 N–H and O–H groups in total. The molecular weight excluding hydrogens is 578 g/mol. The molecule has 0 aromatic heterocycles. The van der Waals surface area contributed by atoms with Gasteiger partial charge in [-0.25, -0.2) is 18.2 Å². The lowest BCUT2D eigenvalue weighted by atomic mass is 10.0. The third-order valence-electron chi connectivity index (χ3n) is 6.79. The molecule has 238 valence electrons. The van der Waals surface area contributed by atoms with Crippen molar-refractivity contribution in [3.05, 3.63) is 48.0 Å². The molecule has 0 radical (unpaired) electrons. The van der Waals surface area contributed by atoms with E-state index in [0.29, 0.717) is 48.1 Å². The third-order valence-corrected chi connectivity index (χ3v) is 8.52. The van der Waals surface area contributed by atoms with E-state index in [9.17, 15) is 28.2 Å². The fourth-order valence-corrected chi connectivity index (χ4v) is 6.17. The smallest absolute Gasteiger partial charge is 0.423 e. The molecule has 2 aromatic rings. The lowest BCUT2D eigenvalue weighted by Crippen LogP contribution is -2.58. The Morgan fingerprint density at radius 1 is 1.05 bits per heavy atom. The first kappa shape index (κ1) is 33.9. The van der Waals surface area contributed by atoms with Gasteiger partial charge in [0.1, 0.15) is 5.75 Å². The van der Waals surface area contributed by atoms with Crippen molar-refractivity contribution in [2.24, 2.45) is 5.92 Å². The molecule has 2 unspecified atom stereocenters. The van der Waals surface area contributed by atoms with E-state index in [0.717, 1.165) is 17.3 Å². The summed E-state index contributed by atoms with van der Waals surface area (Å²) in [6.45, 7) is 7.88. The standard InChI is InChI=1S/C30H43N3O9S/c1-5-6-15-31-29(35)8-7-16-40-24-11-9-23(10-12-24)17-26(22(4)34)33(30(36)37)32(19-21(2)3)43(38,39)25-13-14-27-28(18-25)42-20-41-27/h9-14,18,21-22,26,34H,5-8,15-17,19-20H2,1-4H3,(H,31,35)(H,36,37). The first-order valence-corrected chi connectivity index (χ1v) is 16.0. The number of aliphatic hydroxyl groups is 1. The number of unbranched alkanes of at least 4 members (excludes halogenated alkanes) is 1. The zero-order valence-electron chi connectivity index (χ0n) is 25.2. The molecule has 2 aromatic carbocycles. The third kappa shape index (κ3) is 9.47. The number of carbonyl (C=O) groups excluding carboxylic acids is 1. The number of hydrazine groups is 1. The van der Waals surface area contributed by atoms with Gasteiger partial charge in [-0.2, -0.15) is 0 Å². The van der Waals surface area contributed by atoms with Crippen LogP contribution in [0.1, 0.15) is 58.9 Å². The molecule has 1 aliphatic heterocycles. The molecule has 13 heteroatoms. The van der Waals surface area contributed by atoms with Gasteiger partial charge < -0.3 is 29.7 Å². The maximum Gasteiger partial charge on any atom is 0.423 e. The molecule has 12 nitrogen and oxygen atoms in total. The Kier molecular flexibility index (Phi) is 12.5. The van der Waals surface area contributed by atoms with Crippen molar-refractivity contribution in [2.45, 2.75) is 76.8 Å². The van der Waals surface area contributed by atoms with Gasteiger partial charge in [0.15, 0.2) is 11.5 Å². The fourth-order valence-electron chi connectivity index (χ4n) is 4.52. The van der Waals surface area contributed by atoms with Crippen LogP contribution in [0.15, 0.2) is 47.4 Å².